The maximum atomic E-state index is 9.67. The highest BCUT2D eigenvalue weighted by molar-refractivity contribution is 4.90. The van der Waals surface area contributed by atoms with E-state index in [4.69, 9.17) is 9.47 Å². The molecular weight excluding hydrogens is 156 g/mol. The number of hydrogen-bond acceptors (Lipinski definition) is 3. The van der Waals surface area contributed by atoms with Crippen LogP contribution in [0.2, 0.25) is 0 Å². The molecule has 0 amide bonds. The molecule has 4 atom stereocenters. The molecule has 0 unspecified atom stereocenters. The third-order valence-electron chi connectivity index (χ3n) is 2.62. The van der Waals surface area contributed by atoms with Crippen molar-refractivity contribution in [1.82, 2.24) is 0 Å². The van der Waals surface area contributed by atoms with Crippen LogP contribution in [0.4, 0.5) is 0 Å². The fraction of sp³-hybridized carbons (Fsp3) is 0.778. The first-order valence-electron chi connectivity index (χ1n) is 4.37. The largest absolute Gasteiger partial charge is 0.393 e. The van der Waals surface area contributed by atoms with Gasteiger partial charge < -0.3 is 14.6 Å². The van der Waals surface area contributed by atoms with E-state index < -0.39 is 0 Å². The summed E-state index contributed by atoms with van der Waals surface area (Å²) in [5.41, 5.74) is 0. The summed E-state index contributed by atoms with van der Waals surface area (Å²) in [7, 11) is 0. The molecule has 12 heavy (non-hydrogen) atoms. The third-order valence-corrected chi connectivity index (χ3v) is 2.62. The molecule has 2 bridgehead atoms. The highest BCUT2D eigenvalue weighted by Gasteiger charge is 2.42. The molecular formula is C9H14O3. The average molecular weight is 170 g/mol. The van der Waals surface area contributed by atoms with Crippen molar-refractivity contribution in [2.75, 3.05) is 6.61 Å². The Kier molecular flexibility index (Phi) is 2.17. The second-order valence-corrected chi connectivity index (χ2v) is 3.43. The van der Waals surface area contributed by atoms with E-state index in [1.54, 1.807) is 0 Å². The Morgan fingerprint density at radius 3 is 3.17 bits per heavy atom. The Morgan fingerprint density at radius 1 is 1.58 bits per heavy atom. The summed E-state index contributed by atoms with van der Waals surface area (Å²) >= 11 is 0. The van der Waals surface area contributed by atoms with E-state index >= 15 is 0 Å². The topological polar surface area (TPSA) is 38.7 Å². The van der Waals surface area contributed by atoms with E-state index in [9.17, 15) is 5.11 Å². The first-order valence-corrected chi connectivity index (χ1v) is 4.37. The van der Waals surface area contributed by atoms with Crippen molar-refractivity contribution in [3.8, 4) is 0 Å². The van der Waals surface area contributed by atoms with Crippen LogP contribution in [0.1, 0.15) is 12.8 Å². The zero-order valence-corrected chi connectivity index (χ0v) is 6.98. The minimum Gasteiger partial charge on any atom is -0.393 e. The first-order chi connectivity index (χ1) is 5.81. The molecule has 0 aromatic heterocycles. The zero-order chi connectivity index (χ0) is 8.55. The van der Waals surface area contributed by atoms with Gasteiger partial charge in [0.1, 0.15) is 0 Å². The smallest absolute Gasteiger partial charge is 0.160 e. The molecule has 0 spiro atoms. The van der Waals surface area contributed by atoms with E-state index in [1.807, 2.05) is 6.08 Å². The maximum Gasteiger partial charge on any atom is 0.160 e. The lowest BCUT2D eigenvalue weighted by molar-refractivity contribution is -0.141. The van der Waals surface area contributed by atoms with Crippen LogP contribution < -0.4 is 0 Å². The van der Waals surface area contributed by atoms with Gasteiger partial charge in [0, 0.05) is 12.3 Å². The van der Waals surface area contributed by atoms with Crippen molar-refractivity contribution in [1.29, 1.82) is 0 Å². The Morgan fingerprint density at radius 2 is 2.42 bits per heavy atom. The molecule has 0 radical (unpaired) electrons. The van der Waals surface area contributed by atoms with Crippen LogP contribution in [0, 0.1) is 5.92 Å². The second-order valence-electron chi connectivity index (χ2n) is 3.43. The summed E-state index contributed by atoms with van der Waals surface area (Å²) < 4.78 is 10.8. The number of rotatable bonds is 2. The molecule has 0 aromatic rings. The standard InChI is InChI=1S/C9H14O3/c1-2-3-6-7(10)4-9-11-5-8(6)12-9/h2,6-10H,1,3-5H2/t6-,7+,8+,9+/m0/s1. The van der Waals surface area contributed by atoms with Gasteiger partial charge >= 0.3 is 0 Å². The fourth-order valence-electron chi connectivity index (χ4n) is 1.94. The van der Waals surface area contributed by atoms with Crippen LogP contribution in [-0.2, 0) is 9.47 Å². The van der Waals surface area contributed by atoms with E-state index in [0.29, 0.717) is 13.0 Å². The van der Waals surface area contributed by atoms with Crippen molar-refractivity contribution in [3.05, 3.63) is 12.7 Å². The van der Waals surface area contributed by atoms with Crippen molar-refractivity contribution >= 4 is 0 Å². The molecule has 0 aliphatic carbocycles. The van der Waals surface area contributed by atoms with Gasteiger partial charge in [0.05, 0.1) is 18.8 Å². The van der Waals surface area contributed by atoms with Crippen LogP contribution in [-0.4, -0.2) is 30.2 Å². The molecule has 2 aliphatic rings. The number of hydrogen-bond donors (Lipinski definition) is 1. The lowest BCUT2D eigenvalue weighted by Gasteiger charge is -2.31. The van der Waals surface area contributed by atoms with Gasteiger partial charge in [0.2, 0.25) is 0 Å². The Balaban J connectivity index is 2.04. The Bertz CT molecular complexity index is 181. The summed E-state index contributed by atoms with van der Waals surface area (Å²) in [6.45, 7) is 4.29. The van der Waals surface area contributed by atoms with Gasteiger partial charge in [-0.05, 0) is 6.42 Å². The van der Waals surface area contributed by atoms with Gasteiger partial charge in [-0.2, -0.15) is 0 Å². The normalized spacial score (nSPS) is 46.1. The predicted molar refractivity (Wildman–Crippen MR) is 43.5 cm³/mol. The highest BCUT2D eigenvalue weighted by Crippen LogP contribution is 2.33. The number of aliphatic hydroxyl groups excluding tert-OH is 1. The second kappa shape index (κ2) is 3.17. The lowest BCUT2D eigenvalue weighted by atomic mass is 9.89. The molecule has 2 aliphatic heterocycles. The van der Waals surface area contributed by atoms with Gasteiger partial charge in [-0.15, -0.1) is 6.58 Å². The SMILES string of the molecule is C=CC[C@H]1[C@H](O)C[C@@H]2OC[C@H]1O2. The average Bonchev–Trinajstić information content (AvgIpc) is 2.43. The molecule has 2 rings (SSSR count). The predicted octanol–water partition coefficient (Wildman–Crippen LogP) is 0.685. The van der Waals surface area contributed by atoms with Crippen LogP contribution in [0.3, 0.4) is 0 Å². The van der Waals surface area contributed by atoms with Crippen LogP contribution >= 0.6 is 0 Å². The summed E-state index contributed by atoms with van der Waals surface area (Å²) in [5.74, 6) is 0.182. The van der Waals surface area contributed by atoms with Crippen molar-refractivity contribution in [3.63, 3.8) is 0 Å². The molecule has 68 valence electrons. The molecule has 3 heteroatoms. The summed E-state index contributed by atoms with van der Waals surface area (Å²) in [5, 5.41) is 9.67. The van der Waals surface area contributed by atoms with Crippen LogP contribution in [0.5, 0.6) is 0 Å². The number of aliphatic hydroxyl groups is 1. The minimum atomic E-state index is -0.283. The van der Waals surface area contributed by atoms with Crippen molar-refractivity contribution in [2.45, 2.75) is 31.3 Å². The number of allylic oxidation sites excluding steroid dienone is 1. The van der Waals surface area contributed by atoms with Crippen molar-refractivity contribution < 1.29 is 14.6 Å². The summed E-state index contributed by atoms with van der Waals surface area (Å²) in [6.07, 6.45) is 2.88. The number of fused-ring (bicyclic) bond motifs is 2. The first kappa shape index (κ1) is 8.23. The summed E-state index contributed by atoms with van der Waals surface area (Å²) in [4.78, 5) is 0. The van der Waals surface area contributed by atoms with E-state index in [-0.39, 0.29) is 24.4 Å². The molecule has 1 N–H and O–H groups in total. The van der Waals surface area contributed by atoms with E-state index in [0.717, 1.165) is 6.42 Å². The molecule has 3 nitrogen and oxygen atoms in total. The van der Waals surface area contributed by atoms with Gasteiger partial charge in [0.25, 0.3) is 0 Å². The van der Waals surface area contributed by atoms with E-state index in [1.165, 1.54) is 0 Å². The van der Waals surface area contributed by atoms with Crippen molar-refractivity contribution in [2.24, 2.45) is 5.92 Å². The van der Waals surface area contributed by atoms with E-state index in [2.05, 4.69) is 6.58 Å². The molecule has 0 aromatic carbocycles. The summed E-state index contributed by atoms with van der Waals surface area (Å²) in [6, 6.07) is 0. The Labute approximate surface area is 72.0 Å². The molecule has 0 saturated carbocycles. The monoisotopic (exact) mass is 170 g/mol. The Hall–Kier alpha value is -0.380. The zero-order valence-electron chi connectivity index (χ0n) is 6.98. The maximum absolute atomic E-state index is 9.67. The minimum absolute atomic E-state index is 0.0803. The van der Waals surface area contributed by atoms with Gasteiger partial charge in [-0.25, -0.2) is 0 Å². The fourth-order valence-corrected chi connectivity index (χ4v) is 1.94. The third kappa shape index (κ3) is 1.28. The van der Waals surface area contributed by atoms with Gasteiger partial charge in [-0.1, -0.05) is 6.08 Å². The highest BCUT2D eigenvalue weighted by atomic mass is 16.7. The molecule has 2 heterocycles. The van der Waals surface area contributed by atoms with Crippen LogP contribution in [0.25, 0.3) is 0 Å². The number of ether oxygens (including phenoxy) is 2. The van der Waals surface area contributed by atoms with Crippen LogP contribution in [0.15, 0.2) is 12.7 Å². The quantitative estimate of drug-likeness (QED) is 0.619. The van der Waals surface area contributed by atoms with Gasteiger partial charge in [-0.3, -0.25) is 0 Å². The molecule has 2 saturated heterocycles. The lowest BCUT2D eigenvalue weighted by Crippen LogP contribution is -2.39. The van der Waals surface area contributed by atoms with Gasteiger partial charge in [0.15, 0.2) is 6.29 Å². The molecule has 2 fully saturated rings.